The zero-order chi connectivity index (χ0) is 16.7. The third kappa shape index (κ3) is 6.23. The summed E-state index contributed by atoms with van der Waals surface area (Å²) in [6.07, 6.45) is 3.64. The van der Waals surface area contributed by atoms with Crippen LogP contribution in [0.15, 0.2) is 11.1 Å². The van der Waals surface area contributed by atoms with Crippen molar-refractivity contribution in [1.82, 2.24) is 25.3 Å². The lowest BCUT2D eigenvalue weighted by Gasteiger charge is -2.24. The zero-order valence-corrected chi connectivity index (χ0v) is 17.8. The van der Waals surface area contributed by atoms with Crippen LogP contribution < -0.4 is 10.6 Å². The number of aromatic nitrogens is 2. The first kappa shape index (κ1) is 21.2. The van der Waals surface area contributed by atoms with E-state index < -0.39 is 0 Å². The van der Waals surface area contributed by atoms with Crippen LogP contribution >= 0.6 is 24.0 Å². The quantitative estimate of drug-likeness (QED) is 0.291. The molecule has 2 heterocycles. The highest BCUT2D eigenvalue weighted by molar-refractivity contribution is 14.0. The molecule has 1 unspecified atom stereocenters. The molecule has 1 aromatic rings. The molecule has 24 heavy (non-hydrogen) atoms. The maximum absolute atomic E-state index is 4.49. The number of rotatable bonds is 7. The molecule has 0 aliphatic carbocycles. The van der Waals surface area contributed by atoms with Crippen molar-refractivity contribution in [2.45, 2.75) is 52.6 Å². The van der Waals surface area contributed by atoms with Crippen molar-refractivity contribution in [2.75, 3.05) is 33.2 Å². The van der Waals surface area contributed by atoms with Crippen LogP contribution in [0.2, 0.25) is 0 Å². The molecule has 1 atom stereocenters. The molecule has 1 aromatic heterocycles. The van der Waals surface area contributed by atoms with Gasteiger partial charge in [0.1, 0.15) is 0 Å². The molecule has 0 aromatic carbocycles. The molecule has 2 N–H and O–H groups in total. The average molecular weight is 448 g/mol. The topological polar surface area (TPSA) is 57.5 Å². The second-order valence-corrected chi connectivity index (χ2v) is 6.31. The van der Waals surface area contributed by atoms with Gasteiger partial charge in [0, 0.05) is 38.4 Å². The number of nitrogens with one attached hydrogen (secondary N) is 2. The highest BCUT2D eigenvalue weighted by Gasteiger charge is 2.22. The van der Waals surface area contributed by atoms with E-state index in [0.717, 1.165) is 44.3 Å². The van der Waals surface area contributed by atoms with E-state index in [1.165, 1.54) is 25.1 Å². The lowest BCUT2D eigenvalue weighted by Crippen LogP contribution is -2.45. The summed E-state index contributed by atoms with van der Waals surface area (Å²) < 4.78 is 2.07. The molecular formula is C17H33IN6. The van der Waals surface area contributed by atoms with Gasteiger partial charge in [0.25, 0.3) is 0 Å². The Bertz CT molecular complexity index is 513. The summed E-state index contributed by atoms with van der Waals surface area (Å²) >= 11 is 0. The number of hydrogen-bond donors (Lipinski definition) is 2. The molecule has 1 aliphatic rings. The SMILES string of the molecule is CCN1CCCC1CNC(=NC)NCCCn1nc(C)cc1C.I. The van der Waals surface area contributed by atoms with E-state index >= 15 is 0 Å². The fourth-order valence-corrected chi connectivity index (χ4v) is 3.31. The van der Waals surface area contributed by atoms with E-state index in [2.05, 4.69) is 50.2 Å². The summed E-state index contributed by atoms with van der Waals surface area (Å²) in [5.41, 5.74) is 2.32. The minimum absolute atomic E-state index is 0. The van der Waals surface area contributed by atoms with E-state index in [-0.39, 0.29) is 24.0 Å². The molecule has 6 nitrogen and oxygen atoms in total. The second-order valence-electron chi connectivity index (χ2n) is 6.31. The van der Waals surface area contributed by atoms with Gasteiger partial charge in [-0.2, -0.15) is 5.10 Å². The van der Waals surface area contributed by atoms with Crippen LogP contribution in [0, 0.1) is 13.8 Å². The number of likely N-dealkylation sites (N-methyl/N-ethyl adjacent to an activating group) is 1. The summed E-state index contributed by atoms with van der Waals surface area (Å²) in [6.45, 7) is 11.6. The van der Waals surface area contributed by atoms with Crippen molar-refractivity contribution in [1.29, 1.82) is 0 Å². The maximum atomic E-state index is 4.49. The number of likely N-dealkylation sites (tertiary alicyclic amines) is 1. The molecule has 0 spiro atoms. The maximum Gasteiger partial charge on any atom is 0.191 e. The third-order valence-electron chi connectivity index (χ3n) is 4.58. The van der Waals surface area contributed by atoms with E-state index in [0.29, 0.717) is 6.04 Å². The highest BCUT2D eigenvalue weighted by Crippen LogP contribution is 2.15. The van der Waals surface area contributed by atoms with Crippen LogP contribution in [0.25, 0.3) is 0 Å². The molecule has 0 radical (unpaired) electrons. The average Bonchev–Trinajstić information content (AvgIpc) is 3.12. The van der Waals surface area contributed by atoms with Gasteiger partial charge in [-0.15, -0.1) is 24.0 Å². The Kier molecular flexibility index (Phi) is 9.65. The first-order valence-corrected chi connectivity index (χ1v) is 8.83. The standard InChI is InChI=1S/C17H32N6.HI/c1-5-22-10-6-8-16(22)13-20-17(18-4)19-9-7-11-23-15(3)12-14(2)21-23;/h12,16H,5-11,13H2,1-4H3,(H2,18,19,20);1H. The van der Waals surface area contributed by atoms with Crippen molar-refractivity contribution in [2.24, 2.45) is 4.99 Å². The van der Waals surface area contributed by atoms with Gasteiger partial charge in [0.2, 0.25) is 0 Å². The Balaban J connectivity index is 0.00000288. The number of aliphatic imine (C=N–C) groups is 1. The van der Waals surface area contributed by atoms with Crippen molar-refractivity contribution in [3.05, 3.63) is 17.5 Å². The smallest absolute Gasteiger partial charge is 0.191 e. The summed E-state index contributed by atoms with van der Waals surface area (Å²) in [6, 6.07) is 2.77. The van der Waals surface area contributed by atoms with Gasteiger partial charge in [-0.25, -0.2) is 0 Å². The van der Waals surface area contributed by atoms with E-state index in [4.69, 9.17) is 0 Å². The van der Waals surface area contributed by atoms with Crippen LogP contribution in [0.1, 0.15) is 37.6 Å². The monoisotopic (exact) mass is 448 g/mol. The van der Waals surface area contributed by atoms with Crippen molar-refractivity contribution in [3.63, 3.8) is 0 Å². The van der Waals surface area contributed by atoms with Gasteiger partial charge in [0.15, 0.2) is 5.96 Å². The largest absolute Gasteiger partial charge is 0.356 e. The van der Waals surface area contributed by atoms with E-state index in [9.17, 15) is 0 Å². The van der Waals surface area contributed by atoms with Gasteiger partial charge in [0.05, 0.1) is 5.69 Å². The van der Waals surface area contributed by atoms with Crippen molar-refractivity contribution in [3.8, 4) is 0 Å². The zero-order valence-electron chi connectivity index (χ0n) is 15.5. The van der Waals surface area contributed by atoms with Crippen molar-refractivity contribution >= 4 is 29.9 Å². The Morgan fingerprint density at radius 3 is 2.79 bits per heavy atom. The number of nitrogens with zero attached hydrogens (tertiary/aromatic N) is 4. The molecule has 7 heteroatoms. The number of aryl methyl sites for hydroxylation is 3. The Hall–Kier alpha value is -0.830. The first-order valence-electron chi connectivity index (χ1n) is 8.83. The van der Waals surface area contributed by atoms with Gasteiger partial charge in [-0.05, 0) is 52.3 Å². The predicted molar refractivity (Wildman–Crippen MR) is 111 cm³/mol. The fourth-order valence-electron chi connectivity index (χ4n) is 3.31. The molecule has 0 amide bonds. The number of hydrogen-bond acceptors (Lipinski definition) is 3. The molecule has 1 saturated heterocycles. The van der Waals surface area contributed by atoms with Gasteiger partial charge in [-0.3, -0.25) is 14.6 Å². The number of halogens is 1. The molecule has 0 bridgehead atoms. The normalized spacial score (nSPS) is 18.5. The third-order valence-corrected chi connectivity index (χ3v) is 4.58. The lowest BCUT2D eigenvalue weighted by molar-refractivity contribution is 0.267. The van der Waals surface area contributed by atoms with E-state index in [1.807, 2.05) is 14.0 Å². The molecule has 138 valence electrons. The molecule has 0 saturated carbocycles. The number of guanidine groups is 1. The fraction of sp³-hybridized carbons (Fsp3) is 0.765. The molecule has 1 fully saturated rings. The van der Waals surface area contributed by atoms with Crippen LogP contribution in [0.3, 0.4) is 0 Å². The van der Waals surface area contributed by atoms with Gasteiger partial charge in [-0.1, -0.05) is 6.92 Å². The minimum atomic E-state index is 0. The van der Waals surface area contributed by atoms with E-state index in [1.54, 1.807) is 0 Å². The Labute approximate surface area is 163 Å². The van der Waals surface area contributed by atoms with Crippen molar-refractivity contribution < 1.29 is 0 Å². The lowest BCUT2D eigenvalue weighted by atomic mass is 10.2. The van der Waals surface area contributed by atoms with Gasteiger partial charge < -0.3 is 10.6 Å². The molecular weight excluding hydrogens is 415 g/mol. The van der Waals surface area contributed by atoms with Crippen LogP contribution in [-0.4, -0.2) is 59.9 Å². The summed E-state index contributed by atoms with van der Waals surface area (Å²) in [5, 5.41) is 11.4. The second kappa shape index (κ2) is 10.9. The van der Waals surface area contributed by atoms with Crippen LogP contribution in [-0.2, 0) is 6.54 Å². The van der Waals surface area contributed by atoms with Gasteiger partial charge >= 0.3 is 0 Å². The minimum Gasteiger partial charge on any atom is -0.356 e. The summed E-state index contributed by atoms with van der Waals surface area (Å²) in [7, 11) is 1.84. The van der Waals surface area contributed by atoms with Crippen LogP contribution in [0.4, 0.5) is 0 Å². The highest BCUT2D eigenvalue weighted by atomic mass is 127. The Morgan fingerprint density at radius 2 is 2.17 bits per heavy atom. The van der Waals surface area contributed by atoms with Crippen LogP contribution in [0.5, 0.6) is 0 Å². The molecule has 2 rings (SSSR count). The molecule has 1 aliphatic heterocycles. The Morgan fingerprint density at radius 1 is 1.38 bits per heavy atom. The first-order chi connectivity index (χ1) is 11.1. The predicted octanol–water partition coefficient (Wildman–Crippen LogP) is 2.16. The summed E-state index contributed by atoms with van der Waals surface area (Å²) in [4.78, 5) is 6.86. The summed E-state index contributed by atoms with van der Waals surface area (Å²) in [5.74, 6) is 0.904.